The molecule has 0 aromatic carbocycles. The molecule has 2 bridgehead atoms. The van der Waals surface area contributed by atoms with Crippen LogP contribution in [0, 0.1) is 29.6 Å². The van der Waals surface area contributed by atoms with E-state index >= 15 is 0 Å². The molecule has 5 atom stereocenters. The molecule has 4 unspecified atom stereocenters. The molecule has 0 radical (unpaired) electrons. The van der Waals surface area contributed by atoms with E-state index in [4.69, 9.17) is 5.73 Å². The number of hydrogen-bond donors (Lipinski definition) is 3. The maximum atomic E-state index is 12.2. The highest BCUT2D eigenvalue weighted by Gasteiger charge is 2.51. The second-order valence-corrected chi connectivity index (χ2v) is 7.23. The van der Waals surface area contributed by atoms with E-state index in [1.54, 1.807) is 0 Å². The Balaban J connectivity index is 1.91. The van der Waals surface area contributed by atoms with E-state index in [1.807, 2.05) is 0 Å². The van der Waals surface area contributed by atoms with Gasteiger partial charge in [0.2, 0.25) is 5.91 Å². The number of amides is 1. The van der Waals surface area contributed by atoms with Crippen LogP contribution in [-0.4, -0.2) is 29.6 Å². The molecule has 2 fully saturated rings. The molecule has 0 aliphatic heterocycles. The lowest BCUT2D eigenvalue weighted by atomic mass is 9.84. The van der Waals surface area contributed by atoms with E-state index < -0.39 is 11.9 Å². The van der Waals surface area contributed by atoms with Crippen LogP contribution in [-0.2, 0) is 9.59 Å². The number of carbonyl (C=O) groups excluding carboxylic acids is 1. The molecule has 0 heterocycles. The lowest BCUT2D eigenvalue weighted by Gasteiger charge is -2.29. The summed E-state index contributed by atoms with van der Waals surface area (Å²) in [5, 5.41) is 12.4. The summed E-state index contributed by atoms with van der Waals surface area (Å²) < 4.78 is 0. The van der Waals surface area contributed by atoms with Crippen LogP contribution in [0.5, 0.6) is 0 Å². The number of hydrogen-bond acceptors (Lipinski definition) is 3. The Bertz CT molecular complexity index is 397. The first-order valence-electron chi connectivity index (χ1n) is 8.14. The summed E-state index contributed by atoms with van der Waals surface area (Å²) in [6, 6.07) is -0.175. The first-order valence-corrected chi connectivity index (χ1v) is 8.14. The molecular formula is C16H28N2O3. The molecule has 0 aromatic rings. The van der Waals surface area contributed by atoms with Crippen molar-refractivity contribution in [3.63, 3.8) is 0 Å². The van der Waals surface area contributed by atoms with Gasteiger partial charge in [0, 0.05) is 12.5 Å². The van der Waals surface area contributed by atoms with Crippen molar-refractivity contribution in [3.8, 4) is 0 Å². The molecule has 5 nitrogen and oxygen atoms in total. The van der Waals surface area contributed by atoms with Gasteiger partial charge >= 0.3 is 5.97 Å². The number of aliphatic carboxylic acids is 1. The van der Waals surface area contributed by atoms with Crippen LogP contribution in [0.1, 0.15) is 46.0 Å². The Labute approximate surface area is 126 Å². The van der Waals surface area contributed by atoms with E-state index in [1.165, 1.54) is 0 Å². The second kappa shape index (κ2) is 6.77. The van der Waals surface area contributed by atoms with Gasteiger partial charge in [-0.2, -0.15) is 0 Å². The smallest absolute Gasteiger partial charge is 0.308 e. The number of carbonyl (C=O) groups is 2. The summed E-state index contributed by atoms with van der Waals surface area (Å²) in [5.41, 5.74) is 5.74. The quantitative estimate of drug-likeness (QED) is 0.665. The summed E-state index contributed by atoms with van der Waals surface area (Å²) in [4.78, 5) is 23.7. The average molecular weight is 296 g/mol. The first kappa shape index (κ1) is 16.3. The van der Waals surface area contributed by atoms with Gasteiger partial charge in [-0.3, -0.25) is 9.59 Å². The van der Waals surface area contributed by atoms with E-state index in [9.17, 15) is 14.7 Å². The van der Waals surface area contributed by atoms with Crippen molar-refractivity contribution in [2.24, 2.45) is 35.3 Å². The number of fused-ring (bicyclic) bond motifs is 2. The molecule has 2 saturated carbocycles. The molecule has 0 saturated heterocycles. The van der Waals surface area contributed by atoms with Gasteiger partial charge in [-0.05, 0) is 55.9 Å². The first-order chi connectivity index (χ1) is 9.92. The standard InChI is InChI=1S/C16H28N2O3/c1-9(2)5-10(8-17)6-13(19)18-15-12-4-3-11(7-12)14(15)16(20)21/h9-12,14-15H,3-8,17H2,1-2H3,(H,18,19)(H,20,21)/t10-,11?,12?,14?,15?/m0/s1. The number of nitrogens with one attached hydrogen (secondary N) is 1. The van der Waals surface area contributed by atoms with E-state index in [0.29, 0.717) is 24.8 Å². The van der Waals surface area contributed by atoms with Crippen molar-refractivity contribution in [1.29, 1.82) is 0 Å². The predicted octanol–water partition coefficient (Wildman–Crippen LogP) is 1.61. The van der Waals surface area contributed by atoms with Gasteiger partial charge in [-0.15, -0.1) is 0 Å². The SMILES string of the molecule is CC(C)C[C@H](CN)CC(=O)NC1C2CCC(C2)C1C(=O)O. The minimum atomic E-state index is -0.759. The van der Waals surface area contributed by atoms with Gasteiger partial charge in [0.15, 0.2) is 0 Å². The minimum absolute atomic E-state index is 0.0325. The summed E-state index contributed by atoms with van der Waals surface area (Å²) in [5.74, 6) is 0.113. The van der Waals surface area contributed by atoms with Gasteiger partial charge < -0.3 is 16.2 Å². The fourth-order valence-corrected chi connectivity index (χ4v) is 4.29. The fraction of sp³-hybridized carbons (Fsp3) is 0.875. The largest absolute Gasteiger partial charge is 0.481 e. The number of nitrogens with two attached hydrogens (primary N) is 1. The zero-order valence-corrected chi connectivity index (χ0v) is 13.0. The fourth-order valence-electron chi connectivity index (χ4n) is 4.29. The Kier molecular flexibility index (Phi) is 5.25. The van der Waals surface area contributed by atoms with Gasteiger partial charge in [-0.1, -0.05) is 13.8 Å². The summed E-state index contributed by atoms with van der Waals surface area (Å²) in [6.07, 6.45) is 4.34. The van der Waals surface area contributed by atoms with Gasteiger partial charge in [-0.25, -0.2) is 0 Å². The molecule has 120 valence electrons. The summed E-state index contributed by atoms with van der Waals surface area (Å²) in [7, 11) is 0. The van der Waals surface area contributed by atoms with Crippen LogP contribution >= 0.6 is 0 Å². The minimum Gasteiger partial charge on any atom is -0.481 e. The molecule has 5 heteroatoms. The van der Waals surface area contributed by atoms with Crippen molar-refractivity contribution < 1.29 is 14.7 Å². The maximum Gasteiger partial charge on any atom is 0.308 e. The van der Waals surface area contributed by atoms with E-state index in [0.717, 1.165) is 25.7 Å². The average Bonchev–Trinajstić information content (AvgIpc) is 2.97. The highest BCUT2D eigenvalue weighted by atomic mass is 16.4. The van der Waals surface area contributed by atoms with Gasteiger partial charge in [0.05, 0.1) is 5.92 Å². The Hall–Kier alpha value is -1.10. The Morgan fingerprint density at radius 3 is 2.52 bits per heavy atom. The summed E-state index contributed by atoms with van der Waals surface area (Å²) in [6.45, 7) is 4.75. The van der Waals surface area contributed by atoms with Crippen LogP contribution in [0.3, 0.4) is 0 Å². The van der Waals surface area contributed by atoms with Crippen molar-refractivity contribution >= 4 is 11.9 Å². The normalized spacial score (nSPS) is 32.4. The predicted molar refractivity (Wildman–Crippen MR) is 80.5 cm³/mol. The molecule has 0 aromatic heterocycles. The van der Waals surface area contributed by atoms with Crippen LogP contribution in [0.25, 0.3) is 0 Å². The molecule has 1 amide bonds. The van der Waals surface area contributed by atoms with Crippen molar-refractivity contribution in [1.82, 2.24) is 5.32 Å². The van der Waals surface area contributed by atoms with Crippen molar-refractivity contribution in [2.45, 2.75) is 52.0 Å². The van der Waals surface area contributed by atoms with E-state index in [-0.39, 0.29) is 23.8 Å². The zero-order valence-electron chi connectivity index (χ0n) is 13.0. The lowest BCUT2D eigenvalue weighted by Crippen LogP contribution is -2.47. The molecule has 21 heavy (non-hydrogen) atoms. The van der Waals surface area contributed by atoms with Gasteiger partial charge in [0.25, 0.3) is 0 Å². The number of rotatable bonds is 7. The molecule has 2 aliphatic rings. The molecular weight excluding hydrogens is 268 g/mol. The third kappa shape index (κ3) is 3.76. The van der Waals surface area contributed by atoms with Crippen molar-refractivity contribution in [2.75, 3.05) is 6.54 Å². The van der Waals surface area contributed by atoms with Crippen LogP contribution in [0.4, 0.5) is 0 Å². The van der Waals surface area contributed by atoms with Crippen molar-refractivity contribution in [3.05, 3.63) is 0 Å². The topological polar surface area (TPSA) is 92.4 Å². The Morgan fingerprint density at radius 1 is 1.29 bits per heavy atom. The Morgan fingerprint density at radius 2 is 1.95 bits per heavy atom. The molecule has 2 aliphatic carbocycles. The highest BCUT2D eigenvalue weighted by molar-refractivity contribution is 5.79. The third-order valence-corrected chi connectivity index (χ3v) is 5.14. The van der Waals surface area contributed by atoms with Crippen LogP contribution < -0.4 is 11.1 Å². The van der Waals surface area contributed by atoms with Crippen LogP contribution in [0.15, 0.2) is 0 Å². The number of carboxylic acids is 1. The molecule has 4 N–H and O–H groups in total. The van der Waals surface area contributed by atoms with E-state index in [2.05, 4.69) is 19.2 Å². The highest BCUT2D eigenvalue weighted by Crippen LogP contribution is 2.48. The monoisotopic (exact) mass is 296 g/mol. The third-order valence-electron chi connectivity index (χ3n) is 5.14. The number of carboxylic acid groups (broad SMARTS) is 1. The molecule has 0 spiro atoms. The van der Waals surface area contributed by atoms with Crippen LogP contribution in [0.2, 0.25) is 0 Å². The maximum absolute atomic E-state index is 12.2. The lowest BCUT2D eigenvalue weighted by molar-refractivity contribution is -0.144. The van der Waals surface area contributed by atoms with Gasteiger partial charge in [0.1, 0.15) is 0 Å². The summed E-state index contributed by atoms with van der Waals surface area (Å²) >= 11 is 0. The zero-order chi connectivity index (χ0) is 15.6. The second-order valence-electron chi connectivity index (χ2n) is 7.23. The molecule has 2 rings (SSSR count).